The largest absolute Gasteiger partial charge is 0.385 e. The van der Waals surface area contributed by atoms with Crippen LogP contribution in [0.15, 0.2) is 48.8 Å². The first-order valence-corrected chi connectivity index (χ1v) is 14.9. The summed E-state index contributed by atoms with van der Waals surface area (Å²) in [4.78, 5) is 30.4. The molecule has 2 aliphatic rings. The standard InChI is InChI=1S/C31H34Cl2F2N4O4/c1-30(41,21-7-9-38(2)10-8-21)22-12-26(25(27(34)13-22)11-20-3-5-23(32)6-4-20)29(40)39(43-19-31(35)17-42-18-31)16-28-36-14-24(33)15-37-28/h3-6,12-15,21,41H,7-11,16-19H2,1-2H3. The number of halogens is 4. The van der Waals surface area contributed by atoms with E-state index in [1.54, 1.807) is 31.2 Å². The fourth-order valence-corrected chi connectivity index (χ4v) is 5.60. The molecule has 43 heavy (non-hydrogen) atoms. The maximum Gasteiger partial charge on any atom is 0.278 e. The molecule has 2 fully saturated rings. The van der Waals surface area contributed by atoms with Crippen molar-refractivity contribution in [2.45, 2.75) is 44.0 Å². The molecule has 2 aromatic carbocycles. The Hall–Kier alpha value is -2.73. The van der Waals surface area contributed by atoms with Gasteiger partial charge in [-0.2, -0.15) is 0 Å². The highest BCUT2D eigenvalue weighted by Gasteiger charge is 2.41. The van der Waals surface area contributed by atoms with Crippen LogP contribution in [-0.2, 0) is 28.1 Å². The minimum atomic E-state index is -1.77. The number of hydrogen-bond acceptors (Lipinski definition) is 7. The Kier molecular flexibility index (Phi) is 9.65. The van der Waals surface area contributed by atoms with Crippen LogP contribution in [0.4, 0.5) is 8.78 Å². The average Bonchev–Trinajstić information content (AvgIpc) is 2.97. The van der Waals surface area contributed by atoms with E-state index in [0.29, 0.717) is 22.9 Å². The maximum absolute atomic E-state index is 16.1. The third kappa shape index (κ3) is 7.50. The molecule has 1 N–H and O–H groups in total. The third-order valence-corrected chi connectivity index (χ3v) is 8.65. The first kappa shape index (κ1) is 31.7. The summed E-state index contributed by atoms with van der Waals surface area (Å²) in [6.07, 6.45) is 4.23. The van der Waals surface area contributed by atoms with E-state index in [1.807, 2.05) is 7.05 Å². The second kappa shape index (κ2) is 13.1. The monoisotopic (exact) mass is 634 g/mol. The maximum atomic E-state index is 16.1. The quantitative estimate of drug-likeness (QED) is 0.300. The number of piperidine rings is 1. The Balaban J connectivity index is 1.54. The summed E-state index contributed by atoms with van der Waals surface area (Å²) in [5.41, 5.74) is -2.11. The highest BCUT2D eigenvalue weighted by atomic mass is 35.5. The van der Waals surface area contributed by atoms with Gasteiger partial charge < -0.3 is 14.7 Å². The molecule has 8 nitrogen and oxygen atoms in total. The zero-order valence-electron chi connectivity index (χ0n) is 24.0. The Morgan fingerprint density at radius 1 is 1.16 bits per heavy atom. The number of aliphatic hydroxyl groups is 1. The van der Waals surface area contributed by atoms with Gasteiger partial charge in [0.2, 0.25) is 0 Å². The molecule has 0 aliphatic carbocycles. The van der Waals surface area contributed by atoms with Crippen LogP contribution in [0.3, 0.4) is 0 Å². The van der Waals surface area contributed by atoms with Crippen molar-refractivity contribution in [2.24, 2.45) is 5.92 Å². The van der Waals surface area contributed by atoms with Crippen molar-refractivity contribution < 1.29 is 28.3 Å². The number of nitrogens with zero attached hydrogens (tertiary/aromatic N) is 4. The van der Waals surface area contributed by atoms with Gasteiger partial charge in [0, 0.05) is 35.0 Å². The van der Waals surface area contributed by atoms with Crippen molar-refractivity contribution in [1.29, 1.82) is 0 Å². The van der Waals surface area contributed by atoms with Gasteiger partial charge in [-0.3, -0.25) is 9.63 Å². The summed E-state index contributed by atoms with van der Waals surface area (Å²) >= 11 is 12.0. The summed E-state index contributed by atoms with van der Waals surface area (Å²) < 4.78 is 36.0. The molecule has 1 aromatic heterocycles. The van der Waals surface area contributed by atoms with Gasteiger partial charge in [-0.25, -0.2) is 23.8 Å². The summed E-state index contributed by atoms with van der Waals surface area (Å²) in [5.74, 6) is -1.34. The summed E-state index contributed by atoms with van der Waals surface area (Å²) in [7, 11) is 2.02. The minimum Gasteiger partial charge on any atom is -0.385 e. The molecular formula is C31H34Cl2F2N4O4. The summed E-state index contributed by atoms with van der Waals surface area (Å²) in [6.45, 7) is 2.18. The fraction of sp³-hybridized carbons (Fsp3) is 0.452. The van der Waals surface area contributed by atoms with Gasteiger partial charge in [-0.1, -0.05) is 35.3 Å². The van der Waals surface area contributed by atoms with Gasteiger partial charge in [-0.05, 0) is 81.2 Å². The van der Waals surface area contributed by atoms with E-state index in [4.69, 9.17) is 32.8 Å². The molecule has 1 unspecified atom stereocenters. The first-order valence-electron chi connectivity index (χ1n) is 14.1. The second-order valence-electron chi connectivity index (χ2n) is 11.6. The molecule has 1 atom stereocenters. The highest BCUT2D eigenvalue weighted by Crippen LogP contribution is 2.38. The molecule has 0 bridgehead atoms. The number of hydrogen-bond donors (Lipinski definition) is 1. The summed E-state index contributed by atoms with van der Waals surface area (Å²) in [6, 6.07) is 9.69. The van der Waals surface area contributed by atoms with Crippen molar-refractivity contribution in [2.75, 3.05) is 40.0 Å². The van der Waals surface area contributed by atoms with Gasteiger partial charge in [0.25, 0.3) is 5.91 Å². The highest BCUT2D eigenvalue weighted by molar-refractivity contribution is 6.30. The normalized spacial score (nSPS) is 18.6. The van der Waals surface area contributed by atoms with Crippen LogP contribution in [0.1, 0.15) is 52.6 Å². The van der Waals surface area contributed by atoms with Crippen molar-refractivity contribution in [1.82, 2.24) is 19.9 Å². The molecule has 0 saturated carbocycles. The van der Waals surface area contributed by atoms with E-state index >= 15 is 4.39 Å². The van der Waals surface area contributed by atoms with Gasteiger partial charge in [0.15, 0.2) is 5.67 Å². The lowest BCUT2D eigenvalue weighted by Gasteiger charge is -2.39. The number of amides is 1. The van der Waals surface area contributed by atoms with E-state index in [9.17, 15) is 14.3 Å². The predicted molar refractivity (Wildman–Crippen MR) is 158 cm³/mol. The smallest absolute Gasteiger partial charge is 0.278 e. The lowest BCUT2D eigenvalue weighted by Crippen LogP contribution is -2.51. The molecule has 0 radical (unpaired) electrons. The van der Waals surface area contributed by atoms with Crippen molar-refractivity contribution in [3.05, 3.63) is 92.7 Å². The first-order chi connectivity index (χ1) is 20.4. The van der Waals surface area contributed by atoms with E-state index in [0.717, 1.165) is 23.7 Å². The third-order valence-electron chi connectivity index (χ3n) is 8.20. The molecule has 3 heterocycles. The van der Waals surface area contributed by atoms with Crippen LogP contribution in [-0.4, -0.2) is 76.6 Å². The van der Waals surface area contributed by atoms with Gasteiger partial charge in [0.1, 0.15) is 24.8 Å². The Morgan fingerprint density at radius 2 is 1.81 bits per heavy atom. The summed E-state index contributed by atoms with van der Waals surface area (Å²) in [5, 5.41) is 13.5. The number of carbonyl (C=O) groups excluding carboxylic acids is 1. The van der Waals surface area contributed by atoms with Crippen molar-refractivity contribution in [3.63, 3.8) is 0 Å². The Morgan fingerprint density at radius 3 is 2.42 bits per heavy atom. The lowest BCUT2D eigenvalue weighted by atomic mass is 9.76. The molecular weight excluding hydrogens is 601 g/mol. The molecule has 230 valence electrons. The lowest BCUT2D eigenvalue weighted by molar-refractivity contribution is -0.218. The number of aromatic nitrogens is 2. The number of rotatable bonds is 10. The topological polar surface area (TPSA) is 88.0 Å². The van der Waals surface area contributed by atoms with Crippen LogP contribution in [0.5, 0.6) is 0 Å². The number of benzene rings is 2. The van der Waals surface area contributed by atoms with E-state index < -0.39 is 29.6 Å². The molecule has 0 spiro atoms. The van der Waals surface area contributed by atoms with Crippen LogP contribution in [0.25, 0.3) is 0 Å². The molecule has 1 amide bonds. The van der Waals surface area contributed by atoms with Gasteiger partial charge >= 0.3 is 0 Å². The fourth-order valence-electron chi connectivity index (χ4n) is 5.37. The SMILES string of the molecule is CN1CCC(C(C)(O)c2cc(F)c(Cc3ccc(Cl)cc3)c(C(=O)N(Cc3ncc(Cl)cn3)OCC3(F)COC3)c2)CC1. The Bertz CT molecular complexity index is 1430. The zero-order chi connectivity index (χ0) is 30.8. The minimum absolute atomic E-state index is 0.0233. The molecule has 12 heteroatoms. The molecule has 2 saturated heterocycles. The zero-order valence-corrected chi connectivity index (χ0v) is 25.5. The number of carbonyl (C=O) groups is 1. The van der Waals surface area contributed by atoms with Crippen LogP contribution in [0.2, 0.25) is 10.0 Å². The Labute approximate surface area is 259 Å². The van der Waals surface area contributed by atoms with Crippen molar-refractivity contribution >= 4 is 29.1 Å². The molecule has 2 aliphatic heterocycles. The van der Waals surface area contributed by atoms with Gasteiger partial charge in [0.05, 0.1) is 23.8 Å². The second-order valence-corrected chi connectivity index (χ2v) is 12.5. The van der Waals surface area contributed by atoms with E-state index in [1.165, 1.54) is 24.5 Å². The van der Waals surface area contributed by atoms with E-state index in [2.05, 4.69) is 14.9 Å². The average molecular weight is 636 g/mol. The van der Waals surface area contributed by atoms with Crippen LogP contribution in [0, 0.1) is 11.7 Å². The number of ether oxygens (including phenoxy) is 1. The molecule has 3 aromatic rings. The van der Waals surface area contributed by atoms with Crippen molar-refractivity contribution in [3.8, 4) is 0 Å². The number of likely N-dealkylation sites (tertiary alicyclic amines) is 1. The number of alkyl halides is 1. The number of hydroxylamine groups is 2. The van der Waals surface area contributed by atoms with Crippen LogP contribution < -0.4 is 0 Å². The molecule has 5 rings (SSSR count). The predicted octanol–water partition coefficient (Wildman–Crippen LogP) is 5.38. The van der Waals surface area contributed by atoms with Crippen LogP contribution >= 0.6 is 23.2 Å². The van der Waals surface area contributed by atoms with E-state index in [-0.39, 0.29) is 54.6 Å². The van der Waals surface area contributed by atoms with Gasteiger partial charge in [-0.15, -0.1) is 0 Å².